The Hall–Kier alpha value is -1.54. The van der Waals surface area contributed by atoms with Crippen molar-refractivity contribution in [1.82, 2.24) is 0 Å². The van der Waals surface area contributed by atoms with E-state index in [9.17, 15) is 0 Å². The van der Waals surface area contributed by atoms with Crippen molar-refractivity contribution in [1.29, 1.82) is 0 Å². The molecule has 0 heterocycles. The third kappa shape index (κ3) is 2.77. The molecule has 0 aliphatic carbocycles. The van der Waals surface area contributed by atoms with Crippen LogP contribution in [0.5, 0.6) is 0 Å². The average molecular weight is 228 g/mol. The highest BCUT2D eigenvalue weighted by atomic mass is 15.0. The van der Waals surface area contributed by atoms with Gasteiger partial charge in [-0.05, 0) is 38.3 Å². The Labute approximate surface area is 103 Å². The van der Waals surface area contributed by atoms with Gasteiger partial charge in [-0.15, -0.1) is 0 Å². The standard InChI is InChI=1S/C15H20N2/c1-15(2,10-11-16)17-14-9-5-7-12-6-3-4-8-13(12)14/h3-9,17H,10-11,16H2,1-2H3. The van der Waals surface area contributed by atoms with Gasteiger partial charge >= 0.3 is 0 Å². The second-order valence-electron chi connectivity index (χ2n) is 5.07. The van der Waals surface area contributed by atoms with Crippen LogP contribution in [0.4, 0.5) is 5.69 Å². The second-order valence-corrected chi connectivity index (χ2v) is 5.07. The number of anilines is 1. The molecular weight excluding hydrogens is 208 g/mol. The summed E-state index contributed by atoms with van der Waals surface area (Å²) < 4.78 is 0. The smallest absolute Gasteiger partial charge is 0.0423 e. The van der Waals surface area contributed by atoms with Crippen LogP contribution in [0.15, 0.2) is 42.5 Å². The molecule has 90 valence electrons. The zero-order chi connectivity index (χ0) is 12.3. The molecule has 0 aromatic heterocycles. The van der Waals surface area contributed by atoms with Crippen LogP contribution < -0.4 is 11.1 Å². The molecule has 2 rings (SSSR count). The van der Waals surface area contributed by atoms with E-state index in [-0.39, 0.29) is 5.54 Å². The number of benzene rings is 2. The molecule has 0 saturated heterocycles. The molecule has 0 aliphatic heterocycles. The minimum atomic E-state index is 0.0267. The predicted octanol–water partition coefficient (Wildman–Crippen LogP) is 3.38. The summed E-state index contributed by atoms with van der Waals surface area (Å²) in [6.07, 6.45) is 0.955. The van der Waals surface area contributed by atoms with Crippen LogP contribution in [0.3, 0.4) is 0 Å². The summed E-state index contributed by atoms with van der Waals surface area (Å²) in [7, 11) is 0. The van der Waals surface area contributed by atoms with Crippen LogP contribution in [0, 0.1) is 0 Å². The van der Waals surface area contributed by atoms with Crippen molar-refractivity contribution >= 4 is 16.5 Å². The molecular formula is C15H20N2. The molecule has 0 aliphatic rings. The van der Waals surface area contributed by atoms with Gasteiger partial charge in [-0.3, -0.25) is 0 Å². The van der Waals surface area contributed by atoms with E-state index >= 15 is 0 Å². The Morgan fingerprint density at radius 1 is 1.06 bits per heavy atom. The van der Waals surface area contributed by atoms with Crippen LogP contribution in [0.2, 0.25) is 0 Å². The van der Waals surface area contributed by atoms with Gasteiger partial charge in [0, 0.05) is 16.6 Å². The van der Waals surface area contributed by atoms with E-state index in [2.05, 4.69) is 61.6 Å². The van der Waals surface area contributed by atoms with Gasteiger partial charge in [-0.2, -0.15) is 0 Å². The minimum Gasteiger partial charge on any atom is -0.380 e. The molecule has 2 aromatic carbocycles. The van der Waals surface area contributed by atoms with Crippen molar-refractivity contribution < 1.29 is 0 Å². The van der Waals surface area contributed by atoms with Crippen LogP contribution in [0.1, 0.15) is 20.3 Å². The van der Waals surface area contributed by atoms with Crippen molar-refractivity contribution in [2.24, 2.45) is 5.73 Å². The summed E-state index contributed by atoms with van der Waals surface area (Å²) in [6, 6.07) is 14.8. The monoisotopic (exact) mass is 228 g/mol. The van der Waals surface area contributed by atoms with E-state index in [1.165, 1.54) is 16.5 Å². The first kappa shape index (κ1) is 11.9. The minimum absolute atomic E-state index is 0.0267. The first-order chi connectivity index (χ1) is 8.12. The summed E-state index contributed by atoms with van der Waals surface area (Å²) >= 11 is 0. The molecule has 2 nitrogen and oxygen atoms in total. The predicted molar refractivity (Wildman–Crippen MR) is 75.3 cm³/mol. The summed E-state index contributed by atoms with van der Waals surface area (Å²) in [6.45, 7) is 5.06. The Morgan fingerprint density at radius 3 is 2.53 bits per heavy atom. The van der Waals surface area contributed by atoms with Gasteiger partial charge in [0.25, 0.3) is 0 Å². The third-order valence-corrected chi connectivity index (χ3v) is 3.03. The largest absolute Gasteiger partial charge is 0.380 e. The van der Waals surface area contributed by atoms with Crippen molar-refractivity contribution in [3.8, 4) is 0 Å². The van der Waals surface area contributed by atoms with Gasteiger partial charge in [0.05, 0.1) is 0 Å². The molecule has 0 saturated carbocycles. The molecule has 0 amide bonds. The molecule has 0 spiro atoms. The lowest BCUT2D eigenvalue weighted by Gasteiger charge is -2.27. The van der Waals surface area contributed by atoms with Crippen LogP contribution in [-0.4, -0.2) is 12.1 Å². The molecule has 0 unspecified atom stereocenters. The summed E-state index contributed by atoms with van der Waals surface area (Å²) in [5.41, 5.74) is 6.85. The Kier molecular flexibility index (Phi) is 3.34. The Bertz CT molecular complexity index is 498. The van der Waals surface area contributed by atoms with Gasteiger partial charge in [-0.1, -0.05) is 36.4 Å². The summed E-state index contributed by atoms with van der Waals surface area (Å²) in [5, 5.41) is 6.11. The lowest BCUT2D eigenvalue weighted by atomic mass is 9.99. The molecule has 0 bridgehead atoms. The quantitative estimate of drug-likeness (QED) is 0.842. The number of nitrogens with two attached hydrogens (primary N) is 1. The number of rotatable bonds is 4. The zero-order valence-electron chi connectivity index (χ0n) is 10.5. The van der Waals surface area contributed by atoms with Gasteiger partial charge in [-0.25, -0.2) is 0 Å². The highest BCUT2D eigenvalue weighted by Crippen LogP contribution is 2.26. The average Bonchev–Trinajstić information content (AvgIpc) is 2.29. The fourth-order valence-electron chi connectivity index (χ4n) is 2.12. The number of hydrogen-bond donors (Lipinski definition) is 2. The second kappa shape index (κ2) is 4.76. The van der Waals surface area contributed by atoms with E-state index in [1.54, 1.807) is 0 Å². The molecule has 17 heavy (non-hydrogen) atoms. The molecule has 0 atom stereocenters. The SMILES string of the molecule is CC(C)(CCN)Nc1cccc2ccccc12. The molecule has 0 fully saturated rings. The molecule has 0 radical (unpaired) electrons. The van der Waals surface area contributed by atoms with Gasteiger partial charge in [0.15, 0.2) is 0 Å². The lowest BCUT2D eigenvalue weighted by Crippen LogP contribution is -2.33. The lowest BCUT2D eigenvalue weighted by molar-refractivity contribution is 0.527. The van der Waals surface area contributed by atoms with Crippen LogP contribution in [0.25, 0.3) is 10.8 Å². The molecule has 3 N–H and O–H groups in total. The highest BCUT2D eigenvalue weighted by Gasteiger charge is 2.16. The molecule has 2 aromatic rings. The first-order valence-electron chi connectivity index (χ1n) is 6.08. The van der Waals surface area contributed by atoms with Crippen molar-refractivity contribution in [3.63, 3.8) is 0 Å². The van der Waals surface area contributed by atoms with Crippen molar-refractivity contribution in [2.75, 3.05) is 11.9 Å². The number of nitrogens with one attached hydrogen (secondary N) is 1. The van der Waals surface area contributed by atoms with Crippen LogP contribution >= 0.6 is 0 Å². The first-order valence-corrected chi connectivity index (χ1v) is 6.08. The van der Waals surface area contributed by atoms with Crippen molar-refractivity contribution in [2.45, 2.75) is 25.8 Å². The maximum absolute atomic E-state index is 5.64. The van der Waals surface area contributed by atoms with Gasteiger partial charge < -0.3 is 11.1 Å². The van der Waals surface area contributed by atoms with Crippen LogP contribution in [-0.2, 0) is 0 Å². The maximum Gasteiger partial charge on any atom is 0.0423 e. The Morgan fingerprint density at radius 2 is 1.76 bits per heavy atom. The van der Waals surface area contributed by atoms with E-state index in [4.69, 9.17) is 5.73 Å². The Balaban J connectivity index is 2.36. The van der Waals surface area contributed by atoms with Gasteiger partial charge in [0.1, 0.15) is 0 Å². The number of fused-ring (bicyclic) bond motifs is 1. The topological polar surface area (TPSA) is 38.0 Å². The van der Waals surface area contributed by atoms with E-state index in [0.717, 1.165) is 6.42 Å². The normalized spacial score (nSPS) is 11.7. The summed E-state index contributed by atoms with van der Waals surface area (Å²) in [5.74, 6) is 0. The van der Waals surface area contributed by atoms with E-state index < -0.39 is 0 Å². The molecule has 2 heteroatoms. The van der Waals surface area contributed by atoms with E-state index in [0.29, 0.717) is 6.54 Å². The van der Waals surface area contributed by atoms with E-state index in [1.807, 2.05) is 0 Å². The summed E-state index contributed by atoms with van der Waals surface area (Å²) in [4.78, 5) is 0. The van der Waals surface area contributed by atoms with Gasteiger partial charge in [0.2, 0.25) is 0 Å². The fraction of sp³-hybridized carbons (Fsp3) is 0.333. The zero-order valence-corrected chi connectivity index (χ0v) is 10.5. The number of hydrogen-bond acceptors (Lipinski definition) is 2. The third-order valence-electron chi connectivity index (χ3n) is 3.03. The van der Waals surface area contributed by atoms with Crippen molar-refractivity contribution in [3.05, 3.63) is 42.5 Å². The fourth-order valence-corrected chi connectivity index (χ4v) is 2.12. The maximum atomic E-state index is 5.64. The highest BCUT2D eigenvalue weighted by molar-refractivity contribution is 5.94.